The molecule has 1 heterocycles. The lowest BCUT2D eigenvalue weighted by atomic mass is 10.2. The van der Waals surface area contributed by atoms with E-state index >= 15 is 0 Å². The molecule has 2 aromatic carbocycles. The van der Waals surface area contributed by atoms with Gasteiger partial charge in [0.1, 0.15) is 11.5 Å². The van der Waals surface area contributed by atoms with E-state index in [2.05, 4.69) is 5.32 Å². The third-order valence-electron chi connectivity index (χ3n) is 4.10. The van der Waals surface area contributed by atoms with Crippen molar-refractivity contribution in [1.29, 1.82) is 0 Å². The number of amides is 1. The molecule has 0 saturated carbocycles. The maximum Gasteiger partial charge on any atom is 0.257 e. The Labute approximate surface area is 157 Å². The molecule has 0 spiro atoms. The van der Waals surface area contributed by atoms with E-state index in [-0.39, 0.29) is 11.5 Å². The predicted octanol–water partition coefficient (Wildman–Crippen LogP) is 3.17. The summed E-state index contributed by atoms with van der Waals surface area (Å²) in [7, 11) is 3.08. The Bertz CT molecular complexity index is 997. The molecule has 0 radical (unpaired) electrons. The van der Waals surface area contributed by atoms with Gasteiger partial charge in [-0.3, -0.25) is 9.59 Å². The van der Waals surface area contributed by atoms with Crippen LogP contribution in [0.1, 0.15) is 15.9 Å². The molecule has 3 aromatic rings. The number of methoxy groups -OCH3 is 2. The molecule has 138 valence electrons. The first-order chi connectivity index (χ1) is 13.1. The van der Waals surface area contributed by atoms with Crippen LogP contribution in [-0.2, 0) is 6.54 Å². The van der Waals surface area contributed by atoms with Crippen molar-refractivity contribution < 1.29 is 14.3 Å². The van der Waals surface area contributed by atoms with Crippen LogP contribution in [0.25, 0.3) is 0 Å². The topological polar surface area (TPSA) is 69.6 Å². The zero-order chi connectivity index (χ0) is 19.2. The smallest absolute Gasteiger partial charge is 0.257 e. The molecule has 6 nitrogen and oxygen atoms in total. The molecule has 0 bridgehead atoms. The number of hydrogen-bond donors (Lipinski definition) is 1. The van der Waals surface area contributed by atoms with Crippen LogP contribution < -0.4 is 20.3 Å². The fraction of sp³-hybridized carbons (Fsp3) is 0.143. The van der Waals surface area contributed by atoms with Crippen LogP contribution in [0, 0.1) is 0 Å². The Morgan fingerprint density at radius 1 is 1.00 bits per heavy atom. The molecule has 0 aliphatic carbocycles. The molecule has 27 heavy (non-hydrogen) atoms. The Kier molecular flexibility index (Phi) is 5.56. The minimum absolute atomic E-state index is 0.169. The summed E-state index contributed by atoms with van der Waals surface area (Å²) < 4.78 is 12.0. The van der Waals surface area contributed by atoms with Crippen molar-refractivity contribution in [2.75, 3.05) is 19.5 Å². The van der Waals surface area contributed by atoms with Crippen LogP contribution in [0.5, 0.6) is 11.5 Å². The number of carbonyl (C=O) groups is 1. The molecule has 0 unspecified atom stereocenters. The van der Waals surface area contributed by atoms with Crippen LogP contribution in [-0.4, -0.2) is 24.7 Å². The molecule has 0 saturated heterocycles. The second kappa shape index (κ2) is 8.23. The lowest BCUT2D eigenvalue weighted by Gasteiger charge is -2.12. The lowest BCUT2D eigenvalue weighted by molar-refractivity contribution is 0.102. The van der Waals surface area contributed by atoms with E-state index in [1.165, 1.54) is 23.8 Å². The van der Waals surface area contributed by atoms with Gasteiger partial charge in [-0.05, 0) is 23.8 Å². The molecule has 0 aliphatic heterocycles. The van der Waals surface area contributed by atoms with E-state index in [0.29, 0.717) is 29.3 Å². The van der Waals surface area contributed by atoms with Crippen molar-refractivity contribution in [2.24, 2.45) is 0 Å². The number of nitrogens with one attached hydrogen (secondary N) is 1. The number of aromatic nitrogens is 1. The molecule has 1 aromatic heterocycles. The highest BCUT2D eigenvalue weighted by Gasteiger charge is 2.12. The van der Waals surface area contributed by atoms with Gasteiger partial charge in [0.15, 0.2) is 0 Å². The minimum Gasteiger partial charge on any atom is -0.497 e. The van der Waals surface area contributed by atoms with Crippen molar-refractivity contribution >= 4 is 11.6 Å². The lowest BCUT2D eigenvalue weighted by Crippen LogP contribution is -2.22. The largest absolute Gasteiger partial charge is 0.497 e. The standard InChI is InChI=1S/C21H20N2O4/c1-26-17-9-10-18(19(12-17)27-2)22-21(25)16-8-11-20(24)23(14-16)13-15-6-4-3-5-7-15/h3-12,14H,13H2,1-2H3,(H,22,25). The average molecular weight is 364 g/mol. The second-order valence-electron chi connectivity index (χ2n) is 5.89. The van der Waals surface area contributed by atoms with Crippen molar-refractivity contribution in [3.8, 4) is 11.5 Å². The van der Waals surface area contributed by atoms with E-state index < -0.39 is 0 Å². The van der Waals surface area contributed by atoms with Crippen LogP contribution in [0.2, 0.25) is 0 Å². The van der Waals surface area contributed by atoms with Gasteiger partial charge in [-0.2, -0.15) is 0 Å². The number of nitrogens with zero attached hydrogens (tertiary/aromatic N) is 1. The van der Waals surface area contributed by atoms with E-state index in [1.807, 2.05) is 30.3 Å². The van der Waals surface area contributed by atoms with Crippen LogP contribution in [0.15, 0.2) is 71.7 Å². The Morgan fingerprint density at radius 3 is 2.48 bits per heavy atom. The highest BCUT2D eigenvalue weighted by molar-refractivity contribution is 6.04. The highest BCUT2D eigenvalue weighted by Crippen LogP contribution is 2.29. The first-order valence-corrected chi connectivity index (χ1v) is 8.38. The summed E-state index contributed by atoms with van der Waals surface area (Å²) in [5.74, 6) is 0.779. The van der Waals surface area contributed by atoms with Gasteiger partial charge in [-0.25, -0.2) is 0 Å². The third kappa shape index (κ3) is 4.36. The van der Waals surface area contributed by atoms with Crippen LogP contribution in [0.4, 0.5) is 5.69 Å². The van der Waals surface area contributed by atoms with E-state index in [1.54, 1.807) is 31.5 Å². The molecule has 1 N–H and O–H groups in total. The number of ether oxygens (including phenoxy) is 2. The Morgan fingerprint density at radius 2 is 1.78 bits per heavy atom. The summed E-state index contributed by atoms with van der Waals surface area (Å²) in [6, 6.07) is 17.6. The number of anilines is 1. The first kappa shape index (κ1) is 18.3. The molecule has 6 heteroatoms. The van der Waals surface area contributed by atoms with Gasteiger partial charge < -0.3 is 19.4 Å². The average Bonchev–Trinajstić information content (AvgIpc) is 2.70. The Hall–Kier alpha value is -3.54. The van der Waals surface area contributed by atoms with Gasteiger partial charge in [-0.15, -0.1) is 0 Å². The summed E-state index contributed by atoms with van der Waals surface area (Å²) in [5, 5.41) is 2.80. The predicted molar refractivity (Wildman–Crippen MR) is 104 cm³/mol. The fourth-order valence-corrected chi connectivity index (χ4v) is 2.67. The SMILES string of the molecule is COc1ccc(NC(=O)c2ccc(=O)n(Cc3ccccc3)c2)c(OC)c1. The van der Waals surface area contributed by atoms with Gasteiger partial charge in [-0.1, -0.05) is 30.3 Å². The monoisotopic (exact) mass is 364 g/mol. The maximum atomic E-state index is 12.6. The fourth-order valence-electron chi connectivity index (χ4n) is 2.67. The zero-order valence-corrected chi connectivity index (χ0v) is 15.1. The van der Waals surface area contributed by atoms with Gasteiger partial charge >= 0.3 is 0 Å². The maximum absolute atomic E-state index is 12.6. The molecule has 3 rings (SSSR count). The summed E-state index contributed by atoms with van der Waals surface area (Å²) in [6.07, 6.45) is 1.56. The van der Waals surface area contributed by atoms with E-state index in [4.69, 9.17) is 9.47 Å². The highest BCUT2D eigenvalue weighted by atomic mass is 16.5. The van der Waals surface area contributed by atoms with E-state index in [0.717, 1.165) is 5.56 Å². The zero-order valence-electron chi connectivity index (χ0n) is 15.1. The van der Waals surface area contributed by atoms with Crippen LogP contribution >= 0.6 is 0 Å². The van der Waals surface area contributed by atoms with Gasteiger partial charge in [0.25, 0.3) is 11.5 Å². The van der Waals surface area contributed by atoms with Crippen molar-refractivity contribution in [1.82, 2.24) is 4.57 Å². The molecule has 0 fully saturated rings. The first-order valence-electron chi connectivity index (χ1n) is 8.38. The van der Waals surface area contributed by atoms with Gasteiger partial charge in [0.2, 0.25) is 0 Å². The number of hydrogen-bond acceptors (Lipinski definition) is 4. The molecule has 1 amide bonds. The van der Waals surface area contributed by atoms with Crippen molar-refractivity contribution in [3.63, 3.8) is 0 Å². The summed E-state index contributed by atoms with van der Waals surface area (Å²) >= 11 is 0. The normalized spacial score (nSPS) is 10.3. The summed E-state index contributed by atoms with van der Waals surface area (Å²) in [6.45, 7) is 0.395. The molecular weight excluding hydrogens is 344 g/mol. The van der Waals surface area contributed by atoms with Crippen molar-refractivity contribution in [3.05, 3.63) is 88.3 Å². The van der Waals surface area contributed by atoms with Crippen molar-refractivity contribution in [2.45, 2.75) is 6.54 Å². The number of benzene rings is 2. The number of rotatable bonds is 6. The second-order valence-corrected chi connectivity index (χ2v) is 5.89. The number of carbonyl (C=O) groups excluding carboxylic acids is 1. The van der Waals surface area contributed by atoms with E-state index in [9.17, 15) is 9.59 Å². The summed E-state index contributed by atoms with van der Waals surface area (Å²) in [5.41, 5.74) is 1.71. The Balaban J connectivity index is 1.83. The summed E-state index contributed by atoms with van der Waals surface area (Å²) in [4.78, 5) is 24.8. The molecule has 0 aliphatic rings. The molecule has 0 atom stereocenters. The van der Waals surface area contributed by atoms with Gasteiger partial charge in [0.05, 0.1) is 32.0 Å². The quantitative estimate of drug-likeness (QED) is 0.729. The minimum atomic E-state index is -0.333. The number of pyridine rings is 1. The van der Waals surface area contributed by atoms with Gasteiger partial charge in [0, 0.05) is 18.3 Å². The third-order valence-corrected chi connectivity index (χ3v) is 4.10. The van der Waals surface area contributed by atoms with Crippen LogP contribution in [0.3, 0.4) is 0 Å². The molecular formula is C21H20N2O4.